The van der Waals surface area contributed by atoms with E-state index in [9.17, 15) is 18.8 Å². The average Bonchev–Trinajstić information content (AvgIpc) is 2.59. The van der Waals surface area contributed by atoms with Crippen LogP contribution in [0.1, 0.15) is 66.7 Å². The Kier molecular flexibility index (Phi) is 12.9. The molecule has 0 bridgehead atoms. The zero-order valence-electron chi connectivity index (χ0n) is 17.6. The van der Waals surface area contributed by atoms with Crippen LogP contribution in [0.4, 0.5) is 9.18 Å². The molecule has 7 nitrogen and oxygen atoms in total. The first-order chi connectivity index (χ1) is 13.1. The van der Waals surface area contributed by atoms with E-state index in [1.165, 1.54) is 6.08 Å². The lowest BCUT2D eigenvalue weighted by Gasteiger charge is -2.22. The standard InChI is InChI=1S/C20H34FNO6/c1-6-8-14-27-18(24)16(22-19(25)28-20(3,4)5)12-11-15(10-9-13-21)17(23)26-7-2/h11,16H,6-10,12-14H2,1-5H3,(H,22,25)/t16-/m0/s1. The van der Waals surface area contributed by atoms with Crippen LogP contribution < -0.4 is 5.32 Å². The average molecular weight is 403 g/mol. The van der Waals surface area contributed by atoms with Gasteiger partial charge in [-0.1, -0.05) is 19.4 Å². The van der Waals surface area contributed by atoms with E-state index >= 15 is 0 Å². The van der Waals surface area contributed by atoms with Gasteiger partial charge in [-0.3, -0.25) is 4.39 Å². The number of hydrogen-bond donors (Lipinski definition) is 1. The molecule has 0 fully saturated rings. The molecule has 0 rings (SSSR count). The van der Waals surface area contributed by atoms with Gasteiger partial charge in [0.25, 0.3) is 0 Å². The molecule has 0 saturated carbocycles. The highest BCUT2D eigenvalue weighted by Crippen LogP contribution is 2.13. The third-order valence-electron chi connectivity index (χ3n) is 3.44. The summed E-state index contributed by atoms with van der Waals surface area (Å²) >= 11 is 0. The highest BCUT2D eigenvalue weighted by atomic mass is 19.1. The molecule has 0 aromatic heterocycles. The van der Waals surface area contributed by atoms with Crippen molar-refractivity contribution in [3.63, 3.8) is 0 Å². The Bertz CT molecular complexity index is 527. The van der Waals surface area contributed by atoms with E-state index in [-0.39, 0.29) is 38.0 Å². The van der Waals surface area contributed by atoms with E-state index in [1.807, 2.05) is 6.92 Å². The van der Waals surface area contributed by atoms with Crippen molar-refractivity contribution in [3.8, 4) is 0 Å². The molecular formula is C20H34FNO6. The molecule has 0 aliphatic carbocycles. The van der Waals surface area contributed by atoms with Gasteiger partial charge in [0.2, 0.25) is 0 Å². The highest BCUT2D eigenvalue weighted by Gasteiger charge is 2.25. The summed E-state index contributed by atoms with van der Waals surface area (Å²) in [6.45, 7) is 8.59. The molecule has 0 aromatic rings. The summed E-state index contributed by atoms with van der Waals surface area (Å²) < 4.78 is 27.8. The van der Waals surface area contributed by atoms with Crippen molar-refractivity contribution in [2.75, 3.05) is 19.9 Å². The monoisotopic (exact) mass is 403 g/mol. The Hall–Kier alpha value is -2.12. The van der Waals surface area contributed by atoms with E-state index in [1.54, 1.807) is 27.7 Å². The van der Waals surface area contributed by atoms with Crippen molar-refractivity contribution >= 4 is 18.0 Å². The van der Waals surface area contributed by atoms with Crippen LogP contribution >= 0.6 is 0 Å². The lowest BCUT2D eigenvalue weighted by Crippen LogP contribution is -2.44. The molecule has 0 radical (unpaired) electrons. The van der Waals surface area contributed by atoms with Crippen LogP contribution in [0.25, 0.3) is 0 Å². The van der Waals surface area contributed by atoms with Gasteiger partial charge in [-0.05, 0) is 53.4 Å². The molecular weight excluding hydrogens is 369 g/mol. The topological polar surface area (TPSA) is 90.9 Å². The Morgan fingerprint density at radius 1 is 1.11 bits per heavy atom. The molecule has 0 unspecified atom stereocenters. The van der Waals surface area contributed by atoms with E-state index in [0.29, 0.717) is 6.42 Å². The molecule has 0 spiro atoms. The first-order valence-corrected chi connectivity index (χ1v) is 9.72. The Morgan fingerprint density at radius 3 is 2.32 bits per heavy atom. The summed E-state index contributed by atoms with van der Waals surface area (Å²) in [4.78, 5) is 36.4. The number of unbranched alkanes of at least 4 members (excludes halogenated alkanes) is 1. The van der Waals surface area contributed by atoms with Gasteiger partial charge in [0.15, 0.2) is 0 Å². The zero-order valence-corrected chi connectivity index (χ0v) is 17.6. The van der Waals surface area contributed by atoms with Crippen molar-refractivity contribution in [1.29, 1.82) is 0 Å². The van der Waals surface area contributed by atoms with Crippen molar-refractivity contribution in [3.05, 3.63) is 11.6 Å². The van der Waals surface area contributed by atoms with E-state index < -0.39 is 36.3 Å². The third kappa shape index (κ3) is 12.3. The maximum Gasteiger partial charge on any atom is 0.408 e. The van der Waals surface area contributed by atoms with Crippen molar-refractivity contribution in [1.82, 2.24) is 5.32 Å². The molecule has 1 N–H and O–H groups in total. The lowest BCUT2D eigenvalue weighted by atomic mass is 10.1. The highest BCUT2D eigenvalue weighted by molar-refractivity contribution is 5.88. The van der Waals surface area contributed by atoms with Crippen LogP contribution in [0.2, 0.25) is 0 Å². The maximum atomic E-state index is 12.5. The molecule has 8 heteroatoms. The number of alkyl halides is 1. The molecule has 0 aliphatic rings. The minimum Gasteiger partial charge on any atom is -0.464 e. The van der Waals surface area contributed by atoms with Crippen LogP contribution in [0.5, 0.6) is 0 Å². The number of esters is 2. The van der Waals surface area contributed by atoms with E-state index in [0.717, 1.165) is 6.42 Å². The summed E-state index contributed by atoms with van der Waals surface area (Å²) in [5, 5.41) is 2.48. The predicted molar refractivity (Wildman–Crippen MR) is 104 cm³/mol. The lowest BCUT2D eigenvalue weighted by molar-refractivity contribution is -0.146. The Morgan fingerprint density at radius 2 is 1.79 bits per heavy atom. The van der Waals surface area contributed by atoms with Gasteiger partial charge >= 0.3 is 18.0 Å². The van der Waals surface area contributed by atoms with Crippen molar-refractivity contribution in [2.24, 2.45) is 0 Å². The fraction of sp³-hybridized carbons (Fsp3) is 0.750. The number of hydrogen-bond acceptors (Lipinski definition) is 6. The number of carbonyl (C=O) groups excluding carboxylic acids is 3. The fourth-order valence-corrected chi connectivity index (χ4v) is 2.11. The predicted octanol–water partition coefficient (Wildman–Crippen LogP) is 3.85. The van der Waals surface area contributed by atoms with Gasteiger partial charge in [-0.25, -0.2) is 14.4 Å². The number of amides is 1. The molecule has 0 aromatic carbocycles. The van der Waals surface area contributed by atoms with Crippen LogP contribution in [0.3, 0.4) is 0 Å². The minimum absolute atomic E-state index is 0.00460. The van der Waals surface area contributed by atoms with Crippen LogP contribution in [0.15, 0.2) is 11.6 Å². The second-order valence-electron chi connectivity index (χ2n) is 7.20. The minimum atomic E-state index is -1.03. The molecule has 1 amide bonds. The molecule has 28 heavy (non-hydrogen) atoms. The van der Waals surface area contributed by atoms with Gasteiger partial charge in [-0.2, -0.15) is 0 Å². The molecule has 0 heterocycles. The van der Waals surface area contributed by atoms with Gasteiger partial charge in [0.1, 0.15) is 11.6 Å². The number of carbonyl (C=O) groups is 3. The first-order valence-electron chi connectivity index (χ1n) is 9.72. The zero-order chi connectivity index (χ0) is 21.6. The summed E-state index contributed by atoms with van der Waals surface area (Å²) in [7, 11) is 0. The number of halogens is 1. The number of alkyl carbamates (subject to hydrolysis) is 1. The summed E-state index contributed by atoms with van der Waals surface area (Å²) in [6.07, 6.45) is 2.62. The SMILES string of the molecule is CCCCOC(=O)[C@H](CC=C(CCCF)C(=O)OCC)NC(=O)OC(C)(C)C. The van der Waals surface area contributed by atoms with Crippen LogP contribution in [-0.4, -0.2) is 49.6 Å². The number of ether oxygens (including phenoxy) is 3. The Labute approximate surface area is 167 Å². The normalized spacial score (nSPS) is 12.9. The largest absolute Gasteiger partial charge is 0.464 e. The summed E-state index contributed by atoms with van der Waals surface area (Å²) in [5.74, 6) is -1.18. The Balaban J connectivity index is 5.24. The fourth-order valence-electron chi connectivity index (χ4n) is 2.11. The van der Waals surface area contributed by atoms with Gasteiger partial charge in [0, 0.05) is 5.57 Å². The van der Waals surface area contributed by atoms with Crippen molar-refractivity contribution in [2.45, 2.75) is 78.4 Å². The van der Waals surface area contributed by atoms with Gasteiger partial charge in [-0.15, -0.1) is 0 Å². The number of rotatable bonds is 12. The first kappa shape index (κ1) is 25.9. The third-order valence-corrected chi connectivity index (χ3v) is 3.44. The number of nitrogens with one attached hydrogen (secondary N) is 1. The second kappa shape index (κ2) is 14.0. The quantitative estimate of drug-likeness (QED) is 0.230. The van der Waals surface area contributed by atoms with E-state index in [2.05, 4.69) is 5.32 Å². The second-order valence-corrected chi connectivity index (χ2v) is 7.20. The smallest absolute Gasteiger partial charge is 0.408 e. The molecule has 0 aliphatic heterocycles. The molecule has 162 valence electrons. The van der Waals surface area contributed by atoms with Gasteiger partial charge in [0.05, 0.1) is 19.9 Å². The van der Waals surface area contributed by atoms with E-state index in [4.69, 9.17) is 14.2 Å². The van der Waals surface area contributed by atoms with Crippen molar-refractivity contribution < 1.29 is 33.0 Å². The summed E-state index contributed by atoms with van der Waals surface area (Å²) in [5.41, 5.74) is -0.467. The van der Waals surface area contributed by atoms with Gasteiger partial charge < -0.3 is 19.5 Å². The maximum absolute atomic E-state index is 12.5. The molecule has 0 saturated heterocycles. The molecule has 1 atom stereocenters. The van der Waals surface area contributed by atoms with Crippen LogP contribution in [0, 0.1) is 0 Å². The van der Waals surface area contributed by atoms with Crippen LogP contribution in [-0.2, 0) is 23.8 Å². The summed E-state index contributed by atoms with van der Waals surface area (Å²) in [6, 6.07) is -1.03.